The van der Waals surface area contributed by atoms with E-state index < -0.39 is 17.6 Å². The molecule has 0 amide bonds. The average Bonchev–Trinajstić information content (AvgIpc) is 2.15. The van der Waals surface area contributed by atoms with Gasteiger partial charge in [-0.1, -0.05) is 6.58 Å². The Balaban J connectivity index is 2.66. The van der Waals surface area contributed by atoms with Crippen LogP contribution in [0.1, 0.15) is 0 Å². The lowest BCUT2D eigenvalue weighted by Crippen LogP contribution is -2.09. The molecule has 0 aliphatic carbocycles. The van der Waals surface area contributed by atoms with Crippen molar-refractivity contribution in [3.8, 4) is 5.75 Å². The van der Waals surface area contributed by atoms with E-state index in [0.29, 0.717) is 6.07 Å². The maximum atomic E-state index is 13.0. The predicted octanol–water partition coefficient (Wildman–Crippen LogP) is 1.98. The fourth-order valence-electron chi connectivity index (χ4n) is 0.819. The quantitative estimate of drug-likeness (QED) is 0.779. The molecule has 1 aromatic rings. The van der Waals surface area contributed by atoms with Gasteiger partial charge in [-0.3, -0.25) is 0 Å². The van der Waals surface area contributed by atoms with E-state index in [1.807, 2.05) is 0 Å². The fourth-order valence-corrected chi connectivity index (χ4v) is 0.819. The van der Waals surface area contributed by atoms with Gasteiger partial charge in [-0.2, -0.15) is 0 Å². The van der Waals surface area contributed by atoms with Gasteiger partial charge in [0.25, 0.3) is 0 Å². The Morgan fingerprint density at radius 3 is 2.67 bits per heavy atom. The first-order valence-electron chi connectivity index (χ1n) is 3.99. The summed E-state index contributed by atoms with van der Waals surface area (Å²) in [5, 5.41) is 8.44. The maximum absolute atomic E-state index is 13.0. The molecule has 1 aromatic carbocycles. The summed E-state index contributed by atoms with van der Waals surface area (Å²) in [7, 11) is 0. The van der Waals surface area contributed by atoms with Crippen LogP contribution in [0.2, 0.25) is 0 Å². The van der Waals surface area contributed by atoms with Crippen molar-refractivity contribution in [2.45, 2.75) is 0 Å². The lowest BCUT2D eigenvalue weighted by Gasteiger charge is -2.06. The van der Waals surface area contributed by atoms with Crippen LogP contribution >= 0.6 is 0 Å². The minimum Gasteiger partial charge on any atom is -0.486 e. The topological polar surface area (TPSA) is 46.5 Å². The van der Waals surface area contributed by atoms with Crippen LogP contribution in [-0.4, -0.2) is 17.7 Å². The minimum absolute atomic E-state index is 0.209. The van der Waals surface area contributed by atoms with Crippen molar-refractivity contribution in [3.05, 3.63) is 42.0 Å². The molecule has 5 heteroatoms. The molecular weight excluding hydrogens is 206 g/mol. The third-order valence-electron chi connectivity index (χ3n) is 1.60. The number of halogens is 2. The SMILES string of the molecule is C=C(COc1ccc(F)cc1F)C(=O)O. The monoisotopic (exact) mass is 214 g/mol. The van der Waals surface area contributed by atoms with Crippen molar-refractivity contribution in [2.75, 3.05) is 6.61 Å². The summed E-state index contributed by atoms with van der Waals surface area (Å²) < 4.78 is 30.2. The van der Waals surface area contributed by atoms with E-state index in [2.05, 4.69) is 6.58 Å². The summed E-state index contributed by atoms with van der Waals surface area (Å²) in [6.45, 7) is 2.85. The smallest absolute Gasteiger partial charge is 0.334 e. The summed E-state index contributed by atoms with van der Waals surface area (Å²) in [5.74, 6) is -3.04. The van der Waals surface area contributed by atoms with Gasteiger partial charge < -0.3 is 9.84 Å². The summed E-state index contributed by atoms with van der Waals surface area (Å²) in [6.07, 6.45) is 0. The van der Waals surface area contributed by atoms with Crippen molar-refractivity contribution >= 4 is 5.97 Å². The number of rotatable bonds is 4. The Kier molecular flexibility index (Phi) is 3.38. The molecule has 3 nitrogen and oxygen atoms in total. The van der Waals surface area contributed by atoms with Gasteiger partial charge >= 0.3 is 5.97 Å². The molecule has 15 heavy (non-hydrogen) atoms. The zero-order chi connectivity index (χ0) is 11.4. The van der Waals surface area contributed by atoms with Gasteiger partial charge in [-0.15, -0.1) is 0 Å². The molecule has 0 aliphatic rings. The van der Waals surface area contributed by atoms with Gasteiger partial charge in [0.15, 0.2) is 11.6 Å². The van der Waals surface area contributed by atoms with Gasteiger partial charge in [-0.25, -0.2) is 13.6 Å². The van der Waals surface area contributed by atoms with Crippen LogP contribution in [0, 0.1) is 11.6 Å². The van der Waals surface area contributed by atoms with Crippen LogP contribution in [0.15, 0.2) is 30.4 Å². The highest BCUT2D eigenvalue weighted by atomic mass is 19.1. The van der Waals surface area contributed by atoms with Gasteiger partial charge in [0.05, 0.1) is 5.57 Å². The molecule has 0 spiro atoms. The van der Waals surface area contributed by atoms with Gasteiger partial charge in [0.2, 0.25) is 0 Å². The van der Waals surface area contributed by atoms with E-state index in [4.69, 9.17) is 9.84 Å². The lowest BCUT2D eigenvalue weighted by atomic mass is 10.3. The largest absolute Gasteiger partial charge is 0.486 e. The molecule has 1 rings (SSSR count). The summed E-state index contributed by atoms with van der Waals surface area (Å²) in [4.78, 5) is 10.3. The van der Waals surface area contributed by atoms with Crippen LogP contribution in [-0.2, 0) is 4.79 Å². The Bertz CT molecular complexity index is 402. The Morgan fingerprint density at radius 1 is 1.47 bits per heavy atom. The van der Waals surface area contributed by atoms with Gasteiger partial charge in [0.1, 0.15) is 12.4 Å². The zero-order valence-electron chi connectivity index (χ0n) is 7.67. The maximum Gasteiger partial charge on any atom is 0.334 e. The van der Waals surface area contributed by atoms with Gasteiger partial charge in [0, 0.05) is 6.07 Å². The van der Waals surface area contributed by atoms with E-state index in [9.17, 15) is 13.6 Å². The normalized spacial score (nSPS) is 9.73. The number of benzene rings is 1. The summed E-state index contributed by atoms with van der Waals surface area (Å²) in [6, 6.07) is 2.75. The molecule has 80 valence electrons. The molecule has 0 atom stereocenters. The highest BCUT2D eigenvalue weighted by Crippen LogP contribution is 2.17. The van der Waals surface area contributed by atoms with E-state index in [0.717, 1.165) is 12.1 Å². The Labute approximate surface area is 84.6 Å². The van der Waals surface area contributed by atoms with Crippen LogP contribution in [0.3, 0.4) is 0 Å². The van der Waals surface area contributed by atoms with E-state index >= 15 is 0 Å². The second kappa shape index (κ2) is 4.54. The fraction of sp³-hybridized carbons (Fsp3) is 0.100. The number of ether oxygens (including phenoxy) is 1. The van der Waals surface area contributed by atoms with Crippen molar-refractivity contribution in [1.29, 1.82) is 0 Å². The molecule has 0 saturated carbocycles. The molecule has 0 radical (unpaired) electrons. The number of hydrogen-bond acceptors (Lipinski definition) is 2. The van der Waals surface area contributed by atoms with E-state index in [1.165, 1.54) is 0 Å². The second-order valence-corrected chi connectivity index (χ2v) is 2.77. The van der Waals surface area contributed by atoms with Crippen molar-refractivity contribution < 1.29 is 23.4 Å². The molecule has 0 aromatic heterocycles. The van der Waals surface area contributed by atoms with Crippen LogP contribution in [0.4, 0.5) is 8.78 Å². The minimum atomic E-state index is -1.22. The lowest BCUT2D eigenvalue weighted by molar-refractivity contribution is -0.133. The number of aliphatic carboxylic acids is 1. The summed E-state index contributed by atoms with van der Waals surface area (Å²) in [5.41, 5.74) is -0.210. The van der Waals surface area contributed by atoms with Crippen molar-refractivity contribution in [2.24, 2.45) is 0 Å². The molecule has 1 N–H and O–H groups in total. The zero-order valence-corrected chi connectivity index (χ0v) is 7.67. The van der Waals surface area contributed by atoms with Gasteiger partial charge in [-0.05, 0) is 12.1 Å². The number of carboxylic acid groups (broad SMARTS) is 1. The molecule has 0 unspecified atom stereocenters. The van der Waals surface area contributed by atoms with Crippen molar-refractivity contribution in [1.82, 2.24) is 0 Å². The predicted molar refractivity (Wildman–Crippen MR) is 48.6 cm³/mol. The van der Waals surface area contributed by atoms with E-state index in [1.54, 1.807) is 0 Å². The molecular formula is C10H8F2O3. The van der Waals surface area contributed by atoms with Crippen molar-refractivity contribution in [3.63, 3.8) is 0 Å². The van der Waals surface area contributed by atoms with Crippen LogP contribution < -0.4 is 4.74 Å². The van der Waals surface area contributed by atoms with Crippen LogP contribution in [0.25, 0.3) is 0 Å². The average molecular weight is 214 g/mol. The third-order valence-corrected chi connectivity index (χ3v) is 1.60. The molecule has 0 saturated heterocycles. The Morgan fingerprint density at radius 2 is 2.13 bits per heavy atom. The highest BCUT2D eigenvalue weighted by molar-refractivity contribution is 5.86. The highest BCUT2D eigenvalue weighted by Gasteiger charge is 2.08. The molecule has 0 heterocycles. The third kappa shape index (κ3) is 3.05. The van der Waals surface area contributed by atoms with Crippen LogP contribution in [0.5, 0.6) is 5.75 Å². The number of carbonyl (C=O) groups is 1. The molecule has 0 bridgehead atoms. The number of hydrogen-bond donors (Lipinski definition) is 1. The first-order valence-corrected chi connectivity index (χ1v) is 3.99. The number of carboxylic acids is 1. The Hall–Kier alpha value is -1.91. The first-order chi connectivity index (χ1) is 7.00. The molecule has 0 aliphatic heterocycles. The van der Waals surface area contributed by atoms with E-state index in [-0.39, 0.29) is 17.9 Å². The molecule has 0 fully saturated rings. The summed E-state index contributed by atoms with van der Waals surface area (Å²) >= 11 is 0. The standard InChI is InChI=1S/C10H8F2O3/c1-6(10(13)14)5-15-9-3-2-7(11)4-8(9)12/h2-4H,1,5H2,(H,13,14). The first kappa shape index (κ1) is 11.2. The second-order valence-electron chi connectivity index (χ2n) is 2.77.